The summed E-state index contributed by atoms with van der Waals surface area (Å²) in [5.74, 6) is 0.623. The van der Waals surface area contributed by atoms with Crippen LogP contribution in [0.3, 0.4) is 0 Å². The Morgan fingerprint density at radius 1 is 1.32 bits per heavy atom. The lowest BCUT2D eigenvalue weighted by Gasteiger charge is -2.43. The van der Waals surface area contributed by atoms with Gasteiger partial charge in [-0.1, -0.05) is 11.6 Å². The zero-order valence-electron chi connectivity index (χ0n) is 14.8. The summed E-state index contributed by atoms with van der Waals surface area (Å²) in [4.78, 5) is 12.5. The van der Waals surface area contributed by atoms with Gasteiger partial charge in [0.1, 0.15) is 11.5 Å². The number of carboxylic acid groups (broad SMARTS) is 1. The molecule has 0 saturated heterocycles. The van der Waals surface area contributed by atoms with Crippen molar-refractivity contribution in [3.63, 3.8) is 0 Å². The Morgan fingerprint density at radius 2 is 2.11 bits per heavy atom. The molecule has 0 radical (unpaired) electrons. The maximum absolute atomic E-state index is 12.5. The number of anilines is 1. The van der Waals surface area contributed by atoms with Crippen molar-refractivity contribution in [2.75, 3.05) is 12.4 Å². The number of hydrogen-bond acceptors (Lipinski definition) is 5. The van der Waals surface area contributed by atoms with Gasteiger partial charge in [-0.05, 0) is 42.5 Å². The van der Waals surface area contributed by atoms with E-state index >= 15 is 0 Å². The maximum Gasteiger partial charge on any atom is 0.353 e. The Morgan fingerprint density at radius 3 is 2.82 bits per heavy atom. The first-order valence-corrected chi connectivity index (χ1v) is 9.11. The molecule has 2 bridgehead atoms. The number of aliphatic carboxylic acids is 1. The number of H-pyrrole nitrogens is 1. The highest BCUT2D eigenvalue weighted by Gasteiger charge is 2.55. The molecule has 0 fully saturated rings. The molecule has 142 valence electrons. The lowest BCUT2D eigenvalue weighted by Crippen LogP contribution is -2.49. The van der Waals surface area contributed by atoms with Crippen LogP contribution in [0, 0.1) is 0 Å². The second-order valence-electron chi connectivity index (χ2n) is 6.87. The molecule has 0 aliphatic carbocycles. The van der Waals surface area contributed by atoms with Crippen LogP contribution in [0.2, 0.25) is 5.02 Å². The summed E-state index contributed by atoms with van der Waals surface area (Å²) in [7, 11) is 1.59. The number of hydrogen-bond donors (Lipinski definition) is 3. The van der Waals surface area contributed by atoms with Crippen molar-refractivity contribution in [3.05, 3.63) is 58.6 Å². The number of methoxy groups -OCH3 is 1. The third kappa shape index (κ3) is 2.29. The van der Waals surface area contributed by atoms with Gasteiger partial charge in [0.15, 0.2) is 5.82 Å². The zero-order valence-corrected chi connectivity index (χ0v) is 15.6. The van der Waals surface area contributed by atoms with E-state index in [0.717, 1.165) is 11.1 Å². The fourth-order valence-corrected chi connectivity index (χ4v) is 4.18. The number of aromatic nitrogens is 2. The lowest BCUT2D eigenvalue weighted by atomic mass is 9.78. The average molecular weight is 398 g/mol. The fourth-order valence-electron chi connectivity index (χ4n) is 4.00. The molecule has 0 saturated carbocycles. The largest absolute Gasteiger partial charge is 0.497 e. The SMILES string of the molecule is COc1ccc(-c2[nH]nc3c2[C@@]2(C(=O)O)C[C@@H](N3)c3cc(Cl)ccc3O2)cc1. The molecule has 7 nitrogen and oxygen atoms in total. The standard InChI is InChI=1S/C20H16ClN3O4/c1-27-12-5-2-10(3-6-12)17-16-18(24-23-17)22-14-9-20(16,19(25)26)28-15-7-4-11(21)8-13(14)15/h2-8,14H,9H2,1H3,(H,25,26)(H2,22,23,24)/t14-,20-/m1/s1. The summed E-state index contributed by atoms with van der Waals surface area (Å²) in [6.07, 6.45) is 0.228. The number of benzene rings is 2. The molecule has 2 aliphatic rings. The van der Waals surface area contributed by atoms with E-state index < -0.39 is 11.6 Å². The minimum atomic E-state index is -1.55. The highest BCUT2D eigenvalue weighted by atomic mass is 35.5. The molecule has 0 unspecified atom stereocenters. The van der Waals surface area contributed by atoms with Crippen LogP contribution >= 0.6 is 11.6 Å². The van der Waals surface area contributed by atoms with Crippen LogP contribution in [-0.4, -0.2) is 28.4 Å². The Labute approximate surface area is 165 Å². The Balaban J connectivity index is 1.69. The molecule has 5 rings (SSSR count). The molecule has 3 N–H and O–H groups in total. The third-order valence-electron chi connectivity index (χ3n) is 5.33. The highest BCUT2D eigenvalue weighted by molar-refractivity contribution is 6.30. The van der Waals surface area contributed by atoms with Crippen LogP contribution in [-0.2, 0) is 10.4 Å². The number of halogens is 1. The molecule has 3 aromatic rings. The molecule has 0 spiro atoms. The second kappa shape index (κ2) is 5.90. The molecular formula is C20H16ClN3O4. The van der Waals surface area contributed by atoms with Gasteiger partial charge in [-0.25, -0.2) is 4.79 Å². The van der Waals surface area contributed by atoms with Gasteiger partial charge in [0.2, 0.25) is 5.60 Å². The van der Waals surface area contributed by atoms with Crippen LogP contribution in [0.5, 0.6) is 11.5 Å². The zero-order chi connectivity index (χ0) is 19.5. The second-order valence-corrected chi connectivity index (χ2v) is 7.30. The predicted molar refractivity (Wildman–Crippen MR) is 103 cm³/mol. The van der Waals surface area contributed by atoms with Gasteiger partial charge in [-0.2, -0.15) is 5.10 Å². The van der Waals surface area contributed by atoms with Gasteiger partial charge in [0.25, 0.3) is 0 Å². The van der Waals surface area contributed by atoms with Crippen molar-refractivity contribution in [2.45, 2.75) is 18.1 Å². The average Bonchev–Trinajstić information content (AvgIpc) is 3.13. The molecule has 8 heteroatoms. The van der Waals surface area contributed by atoms with Crippen molar-refractivity contribution in [2.24, 2.45) is 0 Å². The summed E-state index contributed by atoms with van der Waals surface area (Å²) in [6, 6.07) is 12.3. The molecule has 28 heavy (non-hydrogen) atoms. The normalized spacial score (nSPS) is 21.7. The number of carboxylic acids is 1. The number of nitrogens with zero attached hydrogens (tertiary/aromatic N) is 1. The van der Waals surface area contributed by atoms with E-state index in [1.165, 1.54) is 0 Å². The molecule has 0 amide bonds. The van der Waals surface area contributed by atoms with E-state index in [-0.39, 0.29) is 12.5 Å². The van der Waals surface area contributed by atoms with Crippen molar-refractivity contribution in [3.8, 4) is 22.8 Å². The minimum Gasteiger partial charge on any atom is -0.497 e. The van der Waals surface area contributed by atoms with Crippen LogP contribution in [0.25, 0.3) is 11.3 Å². The summed E-state index contributed by atoms with van der Waals surface area (Å²) in [5.41, 5.74) is 1.16. The van der Waals surface area contributed by atoms with E-state index in [9.17, 15) is 9.90 Å². The number of nitrogens with one attached hydrogen (secondary N) is 2. The smallest absolute Gasteiger partial charge is 0.353 e. The van der Waals surface area contributed by atoms with Crippen molar-refractivity contribution in [1.82, 2.24) is 10.2 Å². The van der Waals surface area contributed by atoms with Gasteiger partial charge in [-0.3, -0.25) is 5.10 Å². The first-order valence-electron chi connectivity index (χ1n) is 8.73. The first-order chi connectivity index (χ1) is 13.5. The van der Waals surface area contributed by atoms with Gasteiger partial charge in [0, 0.05) is 22.6 Å². The number of ether oxygens (including phenoxy) is 2. The van der Waals surface area contributed by atoms with E-state index in [0.29, 0.717) is 33.6 Å². The number of aromatic amines is 1. The minimum absolute atomic E-state index is 0.228. The fraction of sp³-hybridized carbons (Fsp3) is 0.200. The Hall–Kier alpha value is -3.19. The predicted octanol–water partition coefficient (Wildman–Crippen LogP) is 3.97. The third-order valence-corrected chi connectivity index (χ3v) is 5.56. The topological polar surface area (TPSA) is 96.5 Å². The van der Waals surface area contributed by atoms with Crippen molar-refractivity contribution >= 4 is 23.4 Å². The Kier molecular flexibility index (Phi) is 3.57. The van der Waals surface area contributed by atoms with E-state index in [4.69, 9.17) is 21.1 Å². The highest BCUT2D eigenvalue weighted by Crippen LogP contribution is 2.53. The summed E-state index contributed by atoms with van der Waals surface area (Å²) >= 11 is 6.13. The molecule has 2 aromatic carbocycles. The van der Waals surface area contributed by atoms with Gasteiger partial charge in [0.05, 0.1) is 24.4 Å². The van der Waals surface area contributed by atoms with E-state index in [2.05, 4.69) is 15.5 Å². The van der Waals surface area contributed by atoms with Crippen LogP contribution in [0.4, 0.5) is 5.82 Å². The molecule has 1 aromatic heterocycles. The van der Waals surface area contributed by atoms with Gasteiger partial charge >= 0.3 is 5.97 Å². The number of carbonyl (C=O) groups is 1. The summed E-state index contributed by atoms with van der Waals surface area (Å²) < 4.78 is 11.3. The molecule has 2 aliphatic heterocycles. The quantitative estimate of drug-likeness (QED) is 0.618. The lowest BCUT2D eigenvalue weighted by molar-refractivity contribution is -0.159. The Bertz CT molecular complexity index is 1100. The van der Waals surface area contributed by atoms with Crippen LogP contribution in [0.15, 0.2) is 42.5 Å². The summed E-state index contributed by atoms with van der Waals surface area (Å²) in [5, 5.41) is 21.4. The number of rotatable bonds is 3. The molecular weight excluding hydrogens is 382 g/mol. The van der Waals surface area contributed by atoms with Crippen molar-refractivity contribution in [1.29, 1.82) is 0 Å². The van der Waals surface area contributed by atoms with E-state index in [1.54, 1.807) is 25.3 Å². The maximum atomic E-state index is 12.5. The molecule has 3 heterocycles. The first kappa shape index (κ1) is 16.9. The van der Waals surface area contributed by atoms with Crippen molar-refractivity contribution < 1.29 is 19.4 Å². The van der Waals surface area contributed by atoms with Gasteiger partial charge in [-0.15, -0.1) is 0 Å². The monoisotopic (exact) mass is 397 g/mol. The number of fused-ring (bicyclic) bond motifs is 6. The van der Waals surface area contributed by atoms with E-state index in [1.807, 2.05) is 24.3 Å². The molecule has 2 atom stereocenters. The van der Waals surface area contributed by atoms with Crippen LogP contribution in [0.1, 0.15) is 23.6 Å². The summed E-state index contributed by atoms with van der Waals surface area (Å²) in [6.45, 7) is 0. The van der Waals surface area contributed by atoms with Gasteiger partial charge < -0.3 is 19.9 Å². The van der Waals surface area contributed by atoms with Crippen LogP contribution < -0.4 is 14.8 Å².